The molecule has 2 saturated heterocycles. The molecule has 2 rings (SSSR count). The van der Waals surface area contributed by atoms with Gasteiger partial charge in [-0.1, -0.05) is 0 Å². The van der Waals surface area contributed by atoms with E-state index in [9.17, 15) is 4.79 Å². The first-order chi connectivity index (χ1) is 8.69. The van der Waals surface area contributed by atoms with Gasteiger partial charge in [-0.05, 0) is 26.4 Å². The quantitative estimate of drug-likeness (QED) is 0.692. The number of nitriles is 1. The number of carbonyl (C=O) groups excluding carboxylic acids is 1. The molecule has 18 heavy (non-hydrogen) atoms. The lowest BCUT2D eigenvalue weighted by Crippen LogP contribution is -2.51. The van der Waals surface area contributed by atoms with Crippen LogP contribution in [0.4, 0.5) is 0 Å². The number of hydrogen-bond acceptors (Lipinski definition) is 4. The van der Waals surface area contributed by atoms with Crippen LogP contribution < -0.4 is 0 Å². The Labute approximate surface area is 109 Å². The van der Waals surface area contributed by atoms with Gasteiger partial charge in [-0.25, -0.2) is 0 Å². The van der Waals surface area contributed by atoms with Crippen LogP contribution >= 0.6 is 0 Å². The zero-order chi connectivity index (χ0) is 13.0. The Morgan fingerprint density at radius 2 is 2.00 bits per heavy atom. The fraction of sp³-hybridized carbons (Fsp3) is 0.846. The molecule has 0 aromatic heterocycles. The summed E-state index contributed by atoms with van der Waals surface area (Å²) >= 11 is 0. The van der Waals surface area contributed by atoms with Crippen LogP contribution in [-0.2, 0) is 4.79 Å². The topological polar surface area (TPSA) is 50.6 Å². The number of rotatable bonds is 2. The third kappa shape index (κ3) is 3.44. The Bertz CT molecular complexity index is 330. The van der Waals surface area contributed by atoms with E-state index in [0.717, 1.165) is 52.1 Å². The fourth-order valence-electron chi connectivity index (χ4n) is 2.65. The number of piperidine rings is 1. The van der Waals surface area contributed by atoms with Crippen molar-refractivity contribution >= 4 is 5.91 Å². The minimum Gasteiger partial charge on any atom is -0.339 e. The Hall–Kier alpha value is -1.12. The van der Waals surface area contributed by atoms with Gasteiger partial charge in [0.1, 0.15) is 0 Å². The third-order valence-electron chi connectivity index (χ3n) is 3.90. The van der Waals surface area contributed by atoms with Crippen LogP contribution in [0.1, 0.15) is 12.8 Å². The lowest BCUT2D eigenvalue weighted by molar-refractivity contribution is -0.134. The normalized spacial score (nSPS) is 26.9. The van der Waals surface area contributed by atoms with Crippen molar-refractivity contribution in [3.63, 3.8) is 0 Å². The van der Waals surface area contributed by atoms with Crippen molar-refractivity contribution in [2.75, 3.05) is 52.9 Å². The second kappa shape index (κ2) is 6.17. The van der Waals surface area contributed by atoms with Crippen molar-refractivity contribution in [1.82, 2.24) is 14.7 Å². The monoisotopic (exact) mass is 250 g/mol. The minimum absolute atomic E-state index is 0.110. The summed E-state index contributed by atoms with van der Waals surface area (Å²) in [7, 11) is 2.09. The molecule has 2 heterocycles. The largest absolute Gasteiger partial charge is 0.339 e. The lowest BCUT2D eigenvalue weighted by atomic mass is 10.00. The SMILES string of the molecule is CN1CCN(C(=O)CN2CCCC(C#N)C2)CC1. The Morgan fingerprint density at radius 1 is 1.28 bits per heavy atom. The first-order valence-electron chi connectivity index (χ1n) is 6.77. The van der Waals surface area contributed by atoms with Crippen LogP contribution in [0.3, 0.4) is 0 Å². The zero-order valence-corrected chi connectivity index (χ0v) is 11.1. The smallest absolute Gasteiger partial charge is 0.236 e. The van der Waals surface area contributed by atoms with Crippen molar-refractivity contribution in [3.05, 3.63) is 0 Å². The molecule has 5 nitrogen and oxygen atoms in total. The van der Waals surface area contributed by atoms with E-state index in [1.54, 1.807) is 0 Å². The highest BCUT2D eigenvalue weighted by Crippen LogP contribution is 2.15. The van der Waals surface area contributed by atoms with Crippen molar-refractivity contribution < 1.29 is 4.79 Å². The number of likely N-dealkylation sites (tertiary alicyclic amines) is 1. The summed E-state index contributed by atoms with van der Waals surface area (Å²) in [6, 6.07) is 2.32. The summed E-state index contributed by atoms with van der Waals surface area (Å²) in [6.07, 6.45) is 2.02. The van der Waals surface area contributed by atoms with Gasteiger partial charge in [-0.2, -0.15) is 5.26 Å². The highest BCUT2D eigenvalue weighted by atomic mass is 16.2. The molecule has 2 aliphatic heterocycles. The summed E-state index contributed by atoms with van der Waals surface area (Å²) in [4.78, 5) is 18.5. The van der Waals surface area contributed by atoms with Crippen molar-refractivity contribution in [2.45, 2.75) is 12.8 Å². The predicted molar refractivity (Wildman–Crippen MR) is 68.9 cm³/mol. The van der Waals surface area contributed by atoms with E-state index < -0.39 is 0 Å². The number of piperazine rings is 1. The number of hydrogen-bond donors (Lipinski definition) is 0. The van der Waals surface area contributed by atoms with Gasteiger partial charge in [0.25, 0.3) is 0 Å². The van der Waals surface area contributed by atoms with E-state index in [4.69, 9.17) is 5.26 Å². The maximum Gasteiger partial charge on any atom is 0.236 e. The maximum atomic E-state index is 12.2. The molecule has 1 amide bonds. The maximum absolute atomic E-state index is 12.2. The number of nitrogens with zero attached hydrogens (tertiary/aromatic N) is 4. The Kier molecular flexibility index (Phi) is 4.56. The van der Waals surface area contributed by atoms with E-state index in [-0.39, 0.29) is 11.8 Å². The van der Waals surface area contributed by atoms with Gasteiger partial charge < -0.3 is 9.80 Å². The summed E-state index contributed by atoms with van der Waals surface area (Å²) in [5.41, 5.74) is 0. The van der Waals surface area contributed by atoms with Crippen molar-refractivity contribution in [2.24, 2.45) is 5.92 Å². The van der Waals surface area contributed by atoms with Gasteiger partial charge in [0.05, 0.1) is 18.5 Å². The molecule has 0 N–H and O–H groups in total. The lowest BCUT2D eigenvalue weighted by Gasteiger charge is -2.35. The fourth-order valence-corrected chi connectivity index (χ4v) is 2.65. The van der Waals surface area contributed by atoms with E-state index in [1.807, 2.05) is 4.90 Å². The van der Waals surface area contributed by atoms with Crippen LogP contribution in [0, 0.1) is 17.2 Å². The van der Waals surface area contributed by atoms with Crippen LogP contribution in [0.5, 0.6) is 0 Å². The van der Waals surface area contributed by atoms with Crippen LogP contribution in [0.2, 0.25) is 0 Å². The molecule has 1 atom stereocenters. The van der Waals surface area contributed by atoms with Crippen LogP contribution in [-0.4, -0.2) is 73.5 Å². The summed E-state index contributed by atoms with van der Waals surface area (Å²) in [6.45, 7) is 5.81. The number of likely N-dealkylation sites (N-methyl/N-ethyl adjacent to an activating group) is 1. The molecular weight excluding hydrogens is 228 g/mol. The molecule has 5 heteroatoms. The van der Waals surface area contributed by atoms with E-state index in [2.05, 4.69) is 22.9 Å². The van der Waals surface area contributed by atoms with Crippen LogP contribution in [0.25, 0.3) is 0 Å². The molecule has 0 aromatic carbocycles. The van der Waals surface area contributed by atoms with Gasteiger partial charge in [-0.15, -0.1) is 0 Å². The summed E-state index contributed by atoms with van der Waals surface area (Å²) in [5.74, 6) is 0.334. The molecule has 0 radical (unpaired) electrons. The van der Waals surface area contributed by atoms with Crippen LogP contribution in [0.15, 0.2) is 0 Å². The van der Waals surface area contributed by atoms with E-state index in [0.29, 0.717) is 6.54 Å². The molecule has 0 aliphatic carbocycles. The first-order valence-corrected chi connectivity index (χ1v) is 6.77. The summed E-state index contributed by atoms with van der Waals surface area (Å²) in [5, 5.41) is 8.94. The molecule has 100 valence electrons. The third-order valence-corrected chi connectivity index (χ3v) is 3.90. The summed E-state index contributed by atoms with van der Waals surface area (Å²) < 4.78 is 0. The number of carbonyl (C=O) groups is 1. The molecule has 2 aliphatic rings. The Morgan fingerprint density at radius 3 is 2.67 bits per heavy atom. The second-order valence-electron chi connectivity index (χ2n) is 5.39. The van der Waals surface area contributed by atoms with E-state index in [1.165, 1.54) is 0 Å². The molecule has 0 spiro atoms. The van der Waals surface area contributed by atoms with Gasteiger partial charge in [0.15, 0.2) is 0 Å². The zero-order valence-electron chi connectivity index (χ0n) is 11.1. The molecule has 2 fully saturated rings. The first kappa shape index (κ1) is 13.3. The van der Waals surface area contributed by atoms with Gasteiger partial charge >= 0.3 is 0 Å². The molecule has 0 saturated carbocycles. The molecule has 0 bridgehead atoms. The average Bonchev–Trinajstić information content (AvgIpc) is 2.39. The second-order valence-corrected chi connectivity index (χ2v) is 5.39. The predicted octanol–water partition coefficient (Wildman–Crippen LogP) is -0.00402. The van der Waals surface area contributed by atoms with Crippen molar-refractivity contribution in [3.8, 4) is 6.07 Å². The highest BCUT2D eigenvalue weighted by Gasteiger charge is 2.24. The Balaban J connectivity index is 1.78. The minimum atomic E-state index is 0.110. The van der Waals surface area contributed by atoms with Crippen molar-refractivity contribution in [1.29, 1.82) is 5.26 Å². The molecular formula is C13H22N4O. The van der Waals surface area contributed by atoms with Gasteiger partial charge in [0.2, 0.25) is 5.91 Å². The molecule has 0 aromatic rings. The van der Waals surface area contributed by atoms with E-state index >= 15 is 0 Å². The standard InChI is InChI=1S/C13H22N4O/c1-15-5-7-17(8-6-15)13(18)11-16-4-2-3-12(9-14)10-16/h12H,2-8,10-11H2,1H3. The van der Waals surface area contributed by atoms with Gasteiger partial charge in [0, 0.05) is 32.7 Å². The van der Waals surface area contributed by atoms with Gasteiger partial charge in [-0.3, -0.25) is 9.69 Å². The molecule has 1 unspecified atom stereocenters. The number of amides is 1. The highest BCUT2D eigenvalue weighted by molar-refractivity contribution is 5.78. The average molecular weight is 250 g/mol.